The minimum absolute atomic E-state index is 0.0374. The number of nitrogens with zero attached hydrogens (tertiary/aromatic N) is 1. The van der Waals surface area contributed by atoms with Crippen LogP contribution in [-0.2, 0) is 4.79 Å². The largest absolute Gasteiger partial charge is 0.320 e. The highest BCUT2D eigenvalue weighted by atomic mass is 32.1. The van der Waals surface area contributed by atoms with Crippen molar-refractivity contribution in [3.8, 4) is 11.3 Å². The lowest BCUT2D eigenvalue weighted by molar-refractivity contribution is -0.116. The van der Waals surface area contributed by atoms with Crippen molar-refractivity contribution in [2.24, 2.45) is 0 Å². The summed E-state index contributed by atoms with van der Waals surface area (Å²) in [4.78, 5) is 17.2. The van der Waals surface area contributed by atoms with Gasteiger partial charge in [-0.1, -0.05) is 0 Å². The van der Waals surface area contributed by atoms with Crippen LogP contribution in [0.15, 0.2) is 24.3 Å². The molecule has 0 aliphatic rings. The van der Waals surface area contributed by atoms with Gasteiger partial charge in [0.25, 0.3) is 0 Å². The van der Waals surface area contributed by atoms with Gasteiger partial charge < -0.3 is 10.6 Å². The molecular weight excluding hydrogens is 289 g/mol. The van der Waals surface area contributed by atoms with E-state index in [1.165, 1.54) is 23.5 Å². The van der Waals surface area contributed by atoms with Crippen molar-refractivity contribution in [3.63, 3.8) is 0 Å². The van der Waals surface area contributed by atoms with Gasteiger partial charge in [-0.25, -0.2) is 9.37 Å². The molecule has 0 bridgehead atoms. The summed E-state index contributed by atoms with van der Waals surface area (Å²) >= 11 is 1.43. The summed E-state index contributed by atoms with van der Waals surface area (Å²) in [7, 11) is 1.86. The Kier molecular flexibility index (Phi) is 5.41. The van der Waals surface area contributed by atoms with Gasteiger partial charge in [0.1, 0.15) is 5.82 Å². The van der Waals surface area contributed by atoms with Gasteiger partial charge in [-0.3, -0.25) is 4.79 Å². The number of hydrogen-bond donors (Lipinski definition) is 2. The number of aromatic nitrogens is 1. The third-order valence-electron chi connectivity index (χ3n) is 2.99. The van der Waals surface area contributed by atoms with Gasteiger partial charge in [0.05, 0.1) is 5.69 Å². The van der Waals surface area contributed by atoms with E-state index in [-0.39, 0.29) is 11.7 Å². The Balaban J connectivity index is 2.05. The van der Waals surface area contributed by atoms with Gasteiger partial charge in [0.15, 0.2) is 5.13 Å². The first-order chi connectivity index (χ1) is 10.1. The number of halogens is 1. The Morgan fingerprint density at radius 1 is 1.33 bits per heavy atom. The first-order valence-corrected chi connectivity index (χ1v) is 7.59. The van der Waals surface area contributed by atoms with Gasteiger partial charge in [-0.05, 0) is 51.2 Å². The highest BCUT2D eigenvalue weighted by Crippen LogP contribution is 2.30. The lowest BCUT2D eigenvalue weighted by Gasteiger charge is -2.01. The second kappa shape index (κ2) is 7.28. The highest BCUT2D eigenvalue weighted by molar-refractivity contribution is 7.16. The van der Waals surface area contributed by atoms with Crippen molar-refractivity contribution in [2.45, 2.75) is 19.8 Å². The molecule has 0 unspecified atom stereocenters. The summed E-state index contributed by atoms with van der Waals surface area (Å²) in [5, 5.41) is 6.40. The number of anilines is 1. The van der Waals surface area contributed by atoms with Crippen molar-refractivity contribution in [2.75, 3.05) is 18.9 Å². The number of carbonyl (C=O) groups excluding carboxylic acids is 1. The first-order valence-electron chi connectivity index (χ1n) is 6.78. The molecule has 0 radical (unpaired) electrons. The average molecular weight is 307 g/mol. The standard InChI is InChI=1S/C15H18FN3OS/c1-10-14(11-5-7-12(16)8-6-11)19-15(21-10)18-13(20)4-3-9-17-2/h5-8,17H,3-4,9H2,1-2H3,(H,18,19,20). The number of hydrogen-bond acceptors (Lipinski definition) is 4. The molecule has 0 saturated heterocycles. The van der Waals surface area contributed by atoms with Gasteiger partial charge in [0.2, 0.25) is 5.91 Å². The van der Waals surface area contributed by atoms with Crippen LogP contribution in [-0.4, -0.2) is 24.5 Å². The zero-order valence-corrected chi connectivity index (χ0v) is 12.9. The van der Waals surface area contributed by atoms with Crippen molar-refractivity contribution < 1.29 is 9.18 Å². The van der Waals surface area contributed by atoms with Crippen LogP contribution in [0.4, 0.5) is 9.52 Å². The van der Waals surface area contributed by atoms with Crippen molar-refractivity contribution in [1.82, 2.24) is 10.3 Å². The molecule has 0 fully saturated rings. The number of thiazole rings is 1. The predicted octanol–water partition coefficient (Wildman–Crippen LogP) is 3.20. The fourth-order valence-corrected chi connectivity index (χ4v) is 2.78. The first kappa shape index (κ1) is 15.6. The lowest BCUT2D eigenvalue weighted by Crippen LogP contribution is -2.15. The Labute approximate surface area is 127 Å². The lowest BCUT2D eigenvalue weighted by atomic mass is 10.1. The normalized spacial score (nSPS) is 10.6. The van der Waals surface area contributed by atoms with Crippen LogP contribution in [0.5, 0.6) is 0 Å². The van der Waals surface area contributed by atoms with E-state index in [2.05, 4.69) is 15.6 Å². The predicted molar refractivity (Wildman–Crippen MR) is 84.0 cm³/mol. The fourth-order valence-electron chi connectivity index (χ4n) is 1.93. The molecule has 0 aliphatic carbocycles. The van der Waals surface area contributed by atoms with Crippen LogP contribution in [0.2, 0.25) is 0 Å². The zero-order valence-electron chi connectivity index (χ0n) is 12.1. The zero-order chi connectivity index (χ0) is 15.2. The Hall–Kier alpha value is -1.79. The summed E-state index contributed by atoms with van der Waals surface area (Å²) in [5.41, 5.74) is 1.63. The molecule has 2 N–H and O–H groups in total. The van der Waals surface area contributed by atoms with E-state index in [0.717, 1.165) is 29.1 Å². The van der Waals surface area contributed by atoms with Gasteiger partial charge >= 0.3 is 0 Å². The third kappa shape index (κ3) is 4.34. The summed E-state index contributed by atoms with van der Waals surface area (Å²) in [5.74, 6) is -0.311. The SMILES string of the molecule is CNCCCC(=O)Nc1nc(-c2ccc(F)cc2)c(C)s1. The van der Waals surface area contributed by atoms with E-state index in [1.807, 2.05) is 14.0 Å². The molecule has 2 aromatic rings. The van der Waals surface area contributed by atoms with Crippen LogP contribution < -0.4 is 10.6 Å². The molecule has 1 amide bonds. The monoisotopic (exact) mass is 307 g/mol. The van der Waals surface area contributed by atoms with Gasteiger partial charge in [0, 0.05) is 16.9 Å². The van der Waals surface area contributed by atoms with Crippen LogP contribution in [0.1, 0.15) is 17.7 Å². The number of carbonyl (C=O) groups is 1. The van der Waals surface area contributed by atoms with E-state index in [9.17, 15) is 9.18 Å². The fraction of sp³-hybridized carbons (Fsp3) is 0.333. The molecule has 0 aliphatic heterocycles. The summed E-state index contributed by atoms with van der Waals surface area (Å²) in [6.45, 7) is 2.75. The minimum Gasteiger partial charge on any atom is -0.320 e. The maximum absolute atomic E-state index is 12.9. The van der Waals surface area contributed by atoms with E-state index < -0.39 is 0 Å². The quantitative estimate of drug-likeness (QED) is 0.806. The number of amides is 1. The number of rotatable bonds is 6. The van der Waals surface area contributed by atoms with Crippen LogP contribution in [0.3, 0.4) is 0 Å². The highest BCUT2D eigenvalue weighted by Gasteiger charge is 2.12. The summed E-state index contributed by atoms with van der Waals surface area (Å²) in [6, 6.07) is 6.19. The molecule has 6 heteroatoms. The maximum atomic E-state index is 12.9. The topological polar surface area (TPSA) is 54.0 Å². The van der Waals surface area contributed by atoms with Crippen molar-refractivity contribution in [3.05, 3.63) is 35.0 Å². The molecule has 0 saturated carbocycles. The third-order valence-corrected chi connectivity index (χ3v) is 3.88. The summed E-state index contributed by atoms with van der Waals surface area (Å²) < 4.78 is 12.9. The van der Waals surface area contributed by atoms with Gasteiger partial charge in [-0.15, -0.1) is 11.3 Å². The van der Waals surface area contributed by atoms with Crippen molar-refractivity contribution in [1.29, 1.82) is 0 Å². The molecule has 2 rings (SSSR count). The Morgan fingerprint density at radius 3 is 2.71 bits per heavy atom. The molecule has 21 heavy (non-hydrogen) atoms. The second-order valence-corrected chi connectivity index (χ2v) is 5.89. The Bertz CT molecular complexity index is 610. The average Bonchev–Trinajstić information content (AvgIpc) is 2.80. The molecule has 0 spiro atoms. The van der Waals surface area contributed by atoms with Crippen molar-refractivity contribution >= 4 is 22.4 Å². The molecule has 112 valence electrons. The maximum Gasteiger partial charge on any atom is 0.226 e. The molecule has 1 aromatic heterocycles. The molecule has 1 heterocycles. The molecule has 1 aromatic carbocycles. The number of benzene rings is 1. The molecular formula is C15H18FN3OS. The second-order valence-electron chi connectivity index (χ2n) is 4.69. The molecule has 0 atom stereocenters. The summed E-state index contributed by atoms with van der Waals surface area (Å²) in [6.07, 6.45) is 1.25. The van der Waals surface area contributed by atoms with Crippen LogP contribution >= 0.6 is 11.3 Å². The Morgan fingerprint density at radius 2 is 2.05 bits per heavy atom. The van der Waals surface area contributed by atoms with E-state index in [0.29, 0.717) is 11.6 Å². The number of nitrogens with one attached hydrogen (secondary N) is 2. The van der Waals surface area contributed by atoms with Crippen LogP contribution in [0.25, 0.3) is 11.3 Å². The smallest absolute Gasteiger partial charge is 0.226 e. The van der Waals surface area contributed by atoms with Crippen LogP contribution in [0, 0.1) is 12.7 Å². The van der Waals surface area contributed by atoms with Gasteiger partial charge in [-0.2, -0.15) is 0 Å². The molecule has 4 nitrogen and oxygen atoms in total. The van der Waals surface area contributed by atoms with E-state index in [4.69, 9.17) is 0 Å². The van der Waals surface area contributed by atoms with E-state index in [1.54, 1.807) is 12.1 Å². The number of aryl methyl sites for hydroxylation is 1. The minimum atomic E-state index is -0.273. The van der Waals surface area contributed by atoms with E-state index >= 15 is 0 Å².